The molecule has 0 spiro atoms. The Morgan fingerprint density at radius 2 is 1.61 bits per heavy atom. The molecule has 0 unspecified atom stereocenters. The Morgan fingerprint density at radius 1 is 0.903 bits per heavy atom. The summed E-state index contributed by atoms with van der Waals surface area (Å²) >= 11 is 0. The maximum atomic E-state index is 14.0. The van der Waals surface area contributed by atoms with Gasteiger partial charge in [0.15, 0.2) is 0 Å². The number of hydrogen-bond donors (Lipinski definition) is 0. The van der Waals surface area contributed by atoms with Gasteiger partial charge in [-0.05, 0) is 42.7 Å². The van der Waals surface area contributed by atoms with E-state index in [1.165, 1.54) is 12.1 Å². The summed E-state index contributed by atoms with van der Waals surface area (Å²) in [6.45, 7) is 1.98. The van der Waals surface area contributed by atoms with Crippen LogP contribution in [0.1, 0.15) is 28.8 Å². The Balaban J connectivity index is 1.30. The zero-order valence-corrected chi connectivity index (χ0v) is 17.3. The van der Waals surface area contributed by atoms with Crippen LogP contribution in [0.5, 0.6) is 0 Å². The fourth-order valence-corrected chi connectivity index (χ4v) is 3.80. The molecule has 1 aromatic heterocycles. The van der Waals surface area contributed by atoms with Gasteiger partial charge in [-0.1, -0.05) is 30.3 Å². The van der Waals surface area contributed by atoms with Crippen LogP contribution in [-0.2, 0) is 11.2 Å². The molecule has 0 aliphatic carbocycles. The Bertz CT molecular complexity index is 1050. The van der Waals surface area contributed by atoms with E-state index in [9.17, 15) is 14.0 Å². The Morgan fingerprint density at radius 3 is 2.42 bits per heavy atom. The smallest absolute Gasteiger partial charge is 0.256 e. The molecular weight excluding hydrogens is 395 g/mol. The average molecular weight is 420 g/mol. The number of carbonyl (C=O) groups excluding carboxylic acids is 2. The molecule has 0 radical (unpaired) electrons. The van der Waals surface area contributed by atoms with Crippen LogP contribution in [0, 0.1) is 5.82 Å². The SMILES string of the molecule is O=C(CCc1cnn(-c2ccccc2)c1)N1CCCN(C(=O)c2ccccc2F)CC1. The molecule has 2 amide bonds. The standard InChI is InChI=1S/C24H25FN4O2/c25-22-10-5-4-9-21(22)24(31)28-14-6-13-27(15-16-28)23(30)12-11-19-17-26-29(18-19)20-7-2-1-3-8-20/h1-5,7-10,17-18H,6,11-16H2. The molecule has 31 heavy (non-hydrogen) atoms. The molecule has 2 aromatic carbocycles. The highest BCUT2D eigenvalue weighted by Gasteiger charge is 2.24. The van der Waals surface area contributed by atoms with Crippen molar-refractivity contribution in [3.8, 4) is 5.69 Å². The molecule has 1 aliphatic rings. The van der Waals surface area contributed by atoms with Crippen molar-refractivity contribution in [3.63, 3.8) is 0 Å². The summed E-state index contributed by atoms with van der Waals surface area (Å²) in [4.78, 5) is 28.8. The van der Waals surface area contributed by atoms with Gasteiger partial charge in [0.25, 0.3) is 5.91 Å². The molecule has 1 saturated heterocycles. The van der Waals surface area contributed by atoms with Crippen molar-refractivity contribution in [2.75, 3.05) is 26.2 Å². The summed E-state index contributed by atoms with van der Waals surface area (Å²) in [5, 5.41) is 4.37. The van der Waals surface area contributed by atoms with Gasteiger partial charge in [-0.2, -0.15) is 5.10 Å². The summed E-state index contributed by atoms with van der Waals surface area (Å²) in [5.41, 5.74) is 2.06. The molecule has 3 aromatic rings. The van der Waals surface area contributed by atoms with Crippen LogP contribution in [0.3, 0.4) is 0 Å². The van der Waals surface area contributed by atoms with Gasteiger partial charge in [-0.3, -0.25) is 9.59 Å². The Kier molecular flexibility index (Phi) is 6.40. The third-order valence-electron chi connectivity index (χ3n) is 5.52. The summed E-state index contributed by atoms with van der Waals surface area (Å²) < 4.78 is 15.8. The monoisotopic (exact) mass is 420 g/mol. The van der Waals surface area contributed by atoms with E-state index in [-0.39, 0.29) is 17.4 Å². The van der Waals surface area contributed by atoms with Crippen molar-refractivity contribution in [1.82, 2.24) is 19.6 Å². The van der Waals surface area contributed by atoms with E-state index in [0.717, 1.165) is 11.3 Å². The van der Waals surface area contributed by atoms with Crippen LogP contribution < -0.4 is 0 Å². The normalized spacial score (nSPS) is 14.4. The summed E-state index contributed by atoms with van der Waals surface area (Å²) in [5.74, 6) is -0.769. The lowest BCUT2D eigenvalue weighted by atomic mass is 10.2. The second-order valence-corrected chi connectivity index (χ2v) is 7.64. The maximum absolute atomic E-state index is 14.0. The topological polar surface area (TPSA) is 58.4 Å². The van der Waals surface area contributed by atoms with E-state index in [1.54, 1.807) is 32.8 Å². The summed E-state index contributed by atoms with van der Waals surface area (Å²) in [7, 11) is 0. The molecule has 0 saturated carbocycles. The highest BCUT2D eigenvalue weighted by atomic mass is 19.1. The van der Waals surface area contributed by atoms with E-state index in [1.807, 2.05) is 36.5 Å². The molecular formula is C24H25FN4O2. The largest absolute Gasteiger partial charge is 0.341 e. The fourth-order valence-electron chi connectivity index (χ4n) is 3.80. The molecule has 7 heteroatoms. The van der Waals surface area contributed by atoms with Crippen LogP contribution in [0.25, 0.3) is 5.69 Å². The predicted octanol–water partition coefficient (Wildman–Crippen LogP) is 3.32. The molecule has 160 valence electrons. The zero-order chi connectivity index (χ0) is 21.6. The van der Waals surface area contributed by atoms with Crippen molar-refractivity contribution in [2.24, 2.45) is 0 Å². The average Bonchev–Trinajstić information content (AvgIpc) is 3.14. The number of para-hydroxylation sites is 1. The van der Waals surface area contributed by atoms with Gasteiger partial charge in [0.1, 0.15) is 5.82 Å². The van der Waals surface area contributed by atoms with Crippen LogP contribution in [-0.4, -0.2) is 57.6 Å². The Hall–Kier alpha value is -3.48. The van der Waals surface area contributed by atoms with Gasteiger partial charge in [0.05, 0.1) is 17.4 Å². The molecule has 1 fully saturated rings. The number of halogens is 1. The number of aryl methyl sites for hydroxylation is 1. The number of benzene rings is 2. The molecule has 0 N–H and O–H groups in total. The van der Waals surface area contributed by atoms with Gasteiger partial charge in [-0.15, -0.1) is 0 Å². The van der Waals surface area contributed by atoms with Crippen LogP contribution in [0.15, 0.2) is 67.0 Å². The molecule has 2 heterocycles. The maximum Gasteiger partial charge on any atom is 0.256 e. The molecule has 6 nitrogen and oxygen atoms in total. The second kappa shape index (κ2) is 9.55. The van der Waals surface area contributed by atoms with Gasteiger partial charge in [-0.25, -0.2) is 9.07 Å². The second-order valence-electron chi connectivity index (χ2n) is 7.64. The van der Waals surface area contributed by atoms with Crippen molar-refractivity contribution >= 4 is 11.8 Å². The van der Waals surface area contributed by atoms with Crippen molar-refractivity contribution in [3.05, 3.63) is 83.9 Å². The van der Waals surface area contributed by atoms with Crippen molar-refractivity contribution < 1.29 is 14.0 Å². The molecule has 0 bridgehead atoms. The summed E-state index contributed by atoms with van der Waals surface area (Å²) in [6.07, 6.45) is 5.41. The van der Waals surface area contributed by atoms with Crippen LogP contribution >= 0.6 is 0 Å². The number of amides is 2. The summed E-state index contributed by atoms with van der Waals surface area (Å²) in [6, 6.07) is 15.9. The lowest BCUT2D eigenvalue weighted by molar-refractivity contribution is -0.131. The fraction of sp³-hybridized carbons (Fsp3) is 0.292. The lowest BCUT2D eigenvalue weighted by Crippen LogP contribution is -2.37. The van der Waals surface area contributed by atoms with Gasteiger partial charge in [0, 0.05) is 38.8 Å². The highest BCUT2D eigenvalue weighted by Crippen LogP contribution is 2.14. The minimum atomic E-state index is -0.513. The minimum Gasteiger partial charge on any atom is -0.341 e. The first-order valence-electron chi connectivity index (χ1n) is 10.5. The third-order valence-corrected chi connectivity index (χ3v) is 5.52. The van der Waals surface area contributed by atoms with Crippen molar-refractivity contribution in [1.29, 1.82) is 0 Å². The molecule has 0 atom stereocenters. The first-order valence-corrected chi connectivity index (χ1v) is 10.5. The first kappa shape index (κ1) is 20.8. The van der Waals surface area contributed by atoms with Crippen LogP contribution in [0.4, 0.5) is 4.39 Å². The van der Waals surface area contributed by atoms with Crippen molar-refractivity contribution in [2.45, 2.75) is 19.3 Å². The van der Waals surface area contributed by atoms with Crippen LogP contribution in [0.2, 0.25) is 0 Å². The minimum absolute atomic E-state index is 0.0626. The van der Waals surface area contributed by atoms with E-state index < -0.39 is 5.82 Å². The number of aromatic nitrogens is 2. The van der Waals surface area contributed by atoms with E-state index in [2.05, 4.69) is 5.10 Å². The lowest BCUT2D eigenvalue weighted by Gasteiger charge is -2.22. The third kappa shape index (κ3) is 4.99. The number of hydrogen-bond acceptors (Lipinski definition) is 3. The van der Waals surface area contributed by atoms with Gasteiger partial charge < -0.3 is 9.80 Å². The number of nitrogens with zero attached hydrogens (tertiary/aromatic N) is 4. The number of rotatable bonds is 5. The van der Waals surface area contributed by atoms with E-state index in [0.29, 0.717) is 45.4 Å². The molecule has 4 rings (SSSR count). The quantitative estimate of drug-likeness (QED) is 0.636. The van der Waals surface area contributed by atoms with Gasteiger partial charge >= 0.3 is 0 Å². The van der Waals surface area contributed by atoms with E-state index >= 15 is 0 Å². The zero-order valence-electron chi connectivity index (χ0n) is 17.3. The highest BCUT2D eigenvalue weighted by molar-refractivity contribution is 5.94. The Labute approximate surface area is 180 Å². The molecule has 1 aliphatic heterocycles. The number of carbonyl (C=O) groups is 2. The first-order chi connectivity index (χ1) is 15.1. The predicted molar refractivity (Wildman–Crippen MR) is 115 cm³/mol. The van der Waals surface area contributed by atoms with E-state index in [4.69, 9.17) is 0 Å². The van der Waals surface area contributed by atoms with Gasteiger partial charge in [0.2, 0.25) is 5.91 Å².